The van der Waals surface area contributed by atoms with Gasteiger partial charge in [-0.2, -0.15) is 5.10 Å². The summed E-state index contributed by atoms with van der Waals surface area (Å²) < 4.78 is 21.9. The highest BCUT2D eigenvalue weighted by Gasteiger charge is 2.18. The maximum absolute atomic E-state index is 11.7. The van der Waals surface area contributed by atoms with Crippen LogP contribution in [-0.4, -0.2) is 42.6 Å². The van der Waals surface area contributed by atoms with E-state index >= 15 is 0 Å². The molecule has 8 heteroatoms. The van der Waals surface area contributed by atoms with E-state index < -0.39 is 15.9 Å². The Morgan fingerprint density at radius 2 is 2.28 bits per heavy atom. The fourth-order valence-electron chi connectivity index (χ4n) is 1.37. The van der Waals surface area contributed by atoms with E-state index in [2.05, 4.69) is 15.5 Å². The molecule has 0 aliphatic heterocycles. The van der Waals surface area contributed by atoms with Crippen LogP contribution in [0.25, 0.3) is 0 Å². The smallest absolute Gasteiger partial charge is 0.237 e. The summed E-state index contributed by atoms with van der Waals surface area (Å²) in [6, 6.07) is -1.05. The standard InChI is InChI=1S/C10H18N4O3S/c1-7(8-5-12-13-6-8)14-10(15)9(11)3-4-18(2,16)17/h5-7,9H,3-4,11H2,1-2H3,(H,12,13)(H,14,15). The Morgan fingerprint density at radius 3 is 2.78 bits per heavy atom. The highest BCUT2D eigenvalue weighted by Crippen LogP contribution is 2.09. The predicted molar refractivity (Wildman–Crippen MR) is 67.4 cm³/mol. The van der Waals surface area contributed by atoms with Gasteiger partial charge >= 0.3 is 0 Å². The summed E-state index contributed by atoms with van der Waals surface area (Å²) in [6.07, 6.45) is 4.51. The first kappa shape index (κ1) is 14.7. The Balaban J connectivity index is 2.45. The molecule has 1 amide bonds. The van der Waals surface area contributed by atoms with Crippen LogP contribution in [0.3, 0.4) is 0 Å². The average Bonchev–Trinajstić information content (AvgIpc) is 2.77. The van der Waals surface area contributed by atoms with Gasteiger partial charge in [0.1, 0.15) is 9.84 Å². The fraction of sp³-hybridized carbons (Fsp3) is 0.600. The monoisotopic (exact) mass is 274 g/mol. The number of carbonyl (C=O) groups is 1. The molecular weight excluding hydrogens is 256 g/mol. The van der Waals surface area contributed by atoms with Crippen molar-refractivity contribution in [1.82, 2.24) is 15.5 Å². The number of nitrogens with one attached hydrogen (secondary N) is 2. The second-order valence-electron chi connectivity index (χ2n) is 4.29. The number of aromatic amines is 1. The molecule has 1 heterocycles. The number of sulfone groups is 1. The van der Waals surface area contributed by atoms with E-state index in [1.54, 1.807) is 19.3 Å². The zero-order chi connectivity index (χ0) is 13.8. The Morgan fingerprint density at radius 1 is 1.61 bits per heavy atom. The molecule has 18 heavy (non-hydrogen) atoms. The maximum Gasteiger partial charge on any atom is 0.237 e. The van der Waals surface area contributed by atoms with Crippen molar-refractivity contribution in [3.63, 3.8) is 0 Å². The molecule has 102 valence electrons. The van der Waals surface area contributed by atoms with E-state index in [-0.39, 0.29) is 24.1 Å². The van der Waals surface area contributed by atoms with Gasteiger partial charge < -0.3 is 11.1 Å². The molecule has 2 unspecified atom stereocenters. The van der Waals surface area contributed by atoms with Crippen molar-refractivity contribution in [3.8, 4) is 0 Å². The largest absolute Gasteiger partial charge is 0.348 e. The van der Waals surface area contributed by atoms with E-state index in [0.717, 1.165) is 11.8 Å². The Kier molecular flexibility index (Phi) is 4.85. The molecule has 0 spiro atoms. The number of hydrogen-bond donors (Lipinski definition) is 3. The number of nitrogens with two attached hydrogens (primary N) is 1. The lowest BCUT2D eigenvalue weighted by Gasteiger charge is -2.16. The van der Waals surface area contributed by atoms with Crippen LogP contribution >= 0.6 is 0 Å². The second-order valence-corrected chi connectivity index (χ2v) is 6.55. The normalized spacial score (nSPS) is 15.1. The van der Waals surface area contributed by atoms with Crippen molar-refractivity contribution in [1.29, 1.82) is 0 Å². The molecule has 1 aromatic heterocycles. The first-order chi connectivity index (χ1) is 8.29. The van der Waals surface area contributed by atoms with Gasteiger partial charge in [-0.15, -0.1) is 0 Å². The molecule has 0 aromatic carbocycles. The predicted octanol–water partition coefficient (Wildman–Crippen LogP) is -0.651. The second kappa shape index (κ2) is 5.96. The van der Waals surface area contributed by atoms with Crippen molar-refractivity contribution in [2.24, 2.45) is 5.73 Å². The molecule has 4 N–H and O–H groups in total. The van der Waals surface area contributed by atoms with Gasteiger partial charge in [0.05, 0.1) is 24.0 Å². The number of aromatic nitrogens is 2. The number of carbonyl (C=O) groups excluding carboxylic acids is 1. The van der Waals surface area contributed by atoms with Gasteiger partial charge in [-0.1, -0.05) is 0 Å². The van der Waals surface area contributed by atoms with Crippen molar-refractivity contribution < 1.29 is 13.2 Å². The molecule has 0 saturated heterocycles. The van der Waals surface area contributed by atoms with Gasteiger partial charge in [-0.05, 0) is 13.3 Å². The quantitative estimate of drug-likeness (QED) is 0.637. The molecule has 0 radical (unpaired) electrons. The van der Waals surface area contributed by atoms with Crippen molar-refractivity contribution in [3.05, 3.63) is 18.0 Å². The molecule has 7 nitrogen and oxygen atoms in total. The Bertz CT molecular complexity index is 483. The molecule has 2 atom stereocenters. The molecule has 0 aliphatic carbocycles. The van der Waals surface area contributed by atoms with Gasteiger partial charge in [0.25, 0.3) is 0 Å². The van der Waals surface area contributed by atoms with Crippen molar-refractivity contribution in [2.45, 2.75) is 25.4 Å². The summed E-state index contributed by atoms with van der Waals surface area (Å²) in [6.45, 7) is 1.80. The number of amides is 1. The minimum Gasteiger partial charge on any atom is -0.348 e. The van der Waals surface area contributed by atoms with E-state index in [9.17, 15) is 13.2 Å². The van der Waals surface area contributed by atoms with Crippen LogP contribution in [-0.2, 0) is 14.6 Å². The van der Waals surface area contributed by atoms with Crippen LogP contribution < -0.4 is 11.1 Å². The van der Waals surface area contributed by atoms with Crippen LogP contribution in [0.5, 0.6) is 0 Å². The van der Waals surface area contributed by atoms with E-state index in [0.29, 0.717) is 0 Å². The zero-order valence-corrected chi connectivity index (χ0v) is 11.2. The number of nitrogens with zero attached hydrogens (tertiary/aromatic N) is 1. The molecule has 0 fully saturated rings. The highest BCUT2D eigenvalue weighted by molar-refractivity contribution is 7.90. The first-order valence-electron chi connectivity index (χ1n) is 5.52. The fourth-order valence-corrected chi connectivity index (χ4v) is 2.06. The molecule has 0 bridgehead atoms. The summed E-state index contributed by atoms with van der Waals surface area (Å²) in [4.78, 5) is 11.7. The molecule has 1 aromatic rings. The summed E-state index contributed by atoms with van der Waals surface area (Å²) in [5.74, 6) is -0.464. The maximum atomic E-state index is 11.7. The number of H-pyrrole nitrogens is 1. The van der Waals surface area contributed by atoms with Crippen LogP contribution in [0.2, 0.25) is 0 Å². The van der Waals surface area contributed by atoms with Crippen LogP contribution in [0.1, 0.15) is 24.9 Å². The third kappa shape index (κ3) is 4.84. The van der Waals surface area contributed by atoms with Crippen LogP contribution in [0, 0.1) is 0 Å². The molecular formula is C10H18N4O3S. The average molecular weight is 274 g/mol. The zero-order valence-electron chi connectivity index (χ0n) is 10.4. The number of hydrogen-bond acceptors (Lipinski definition) is 5. The van der Waals surface area contributed by atoms with Gasteiger partial charge in [0.2, 0.25) is 5.91 Å². The molecule has 0 saturated carbocycles. The lowest BCUT2D eigenvalue weighted by atomic mass is 10.1. The van der Waals surface area contributed by atoms with Crippen molar-refractivity contribution in [2.75, 3.05) is 12.0 Å². The van der Waals surface area contributed by atoms with E-state index in [1.165, 1.54) is 0 Å². The summed E-state index contributed by atoms with van der Waals surface area (Å²) in [7, 11) is -3.10. The van der Waals surface area contributed by atoms with Gasteiger partial charge in [0.15, 0.2) is 0 Å². The number of rotatable bonds is 6. The molecule has 1 rings (SSSR count). The van der Waals surface area contributed by atoms with Crippen LogP contribution in [0.4, 0.5) is 0 Å². The van der Waals surface area contributed by atoms with Crippen molar-refractivity contribution >= 4 is 15.7 Å². The van der Waals surface area contributed by atoms with Gasteiger partial charge in [-0.3, -0.25) is 9.89 Å². The lowest BCUT2D eigenvalue weighted by Crippen LogP contribution is -2.42. The third-order valence-corrected chi connectivity index (χ3v) is 3.49. The van der Waals surface area contributed by atoms with Crippen LogP contribution in [0.15, 0.2) is 12.4 Å². The highest BCUT2D eigenvalue weighted by atomic mass is 32.2. The van der Waals surface area contributed by atoms with E-state index in [4.69, 9.17) is 5.73 Å². The Labute approximate surface area is 106 Å². The summed E-state index contributed by atoms with van der Waals surface area (Å²) >= 11 is 0. The minimum absolute atomic E-state index is 0.0956. The molecule has 0 aliphatic rings. The first-order valence-corrected chi connectivity index (χ1v) is 7.58. The Hall–Kier alpha value is -1.41. The third-order valence-electron chi connectivity index (χ3n) is 2.51. The summed E-state index contributed by atoms with van der Waals surface area (Å²) in [5.41, 5.74) is 6.46. The minimum atomic E-state index is -3.10. The SMILES string of the molecule is CC(NC(=O)C(N)CCS(C)(=O)=O)c1cn[nH]c1. The summed E-state index contributed by atoms with van der Waals surface area (Å²) in [5, 5.41) is 9.12. The lowest BCUT2D eigenvalue weighted by molar-refractivity contribution is -0.123. The van der Waals surface area contributed by atoms with Gasteiger partial charge in [0, 0.05) is 18.0 Å². The van der Waals surface area contributed by atoms with Gasteiger partial charge in [-0.25, -0.2) is 8.42 Å². The topological polar surface area (TPSA) is 118 Å². The van der Waals surface area contributed by atoms with E-state index in [1.807, 2.05) is 0 Å².